The maximum atomic E-state index is 5.90. The van der Waals surface area contributed by atoms with Gasteiger partial charge in [0.05, 0.1) is 0 Å². The predicted octanol–water partition coefficient (Wildman–Crippen LogP) is 4.36. The van der Waals surface area contributed by atoms with Gasteiger partial charge >= 0.3 is 0 Å². The van der Waals surface area contributed by atoms with Gasteiger partial charge in [-0.1, -0.05) is 6.92 Å². The SMILES string of the molecule is CCCNC(c1cc(C)c(C)o1)c1sccc1C. The van der Waals surface area contributed by atoms with Crippen LogP contribution in [0.15, 0.2) is 21.9 Å². The Hall–Kier alpha value is -1.06. The van der Waals surface area contributed by atoms with Crippen LogP contribution in [0.5, 0.6) is 0 Å². The van der Waals surface area contributed by atoms with Crippen molar-refractivity contribution in [1.29, 1.82) is 0 Å². The van der Waals surface area contributed by atoms with Crippen LogP contribution in [0.1, 0.15) is 46.9 Å². The van der Waals surface area contributed by atoms with E-state index in [-0.39, 0.29) is 6.04 Å². The van der Waals surface area contributed by atoms with Crippen molar-refractivity contribution in [2.75, 3.05) is 6.54 Å². The van der Waals surface area contributed by atoms with Crippen molar-refractivity contribution < 1.29 is 4.42 Å². The van der Waals surface area contributed by atoms with E-state index in [1.165, 1.54) is 16.0 Å². The third kappa shape index (κ3) is 2.68. The zero-order valence-electron chi connectivity index (χ0n) is 11.5. The van der Waals surface area contributed by atoms with E-state index in [0.29, 0.717) is 0 Å². The molecule has 0 saturated heterocycles. The molecule has 2 aromatic rings. The fourth-order valence-electron chi connectivity index (χ4n) is 2.04. The third-order valence-corrected chi connectivity index (χ3v) is 4.32. The predicted molar refractivity (Wildman–Crippen MR) is 77.4 cm³/mol. The molecule has 0 aromatic carbocycles. The number of rotatable bonds is 5. The van der Waals surface area contributed by atoms with E-state index in [2.05, 4.69) is 43.6 Å². The molecule has 0 amide bonds. The first-order valence-electron chi connectivity index (χ1n) is 6.47. The second-order valence-corrected chi connectivity index (χ2v) is 5.69. The van der Waals surface area contributed by atoms with E-state index < -0.39 is 0 Å². The van der Waals surface area contributed by atoms with Gasteiger partial charge in [0, 0.05) is 4.88 Å². The molecule has 0 aliphatic rings. The zero-order chi connectivity index (χ0) is 13.1. The van der Waals surface area contributed by atoms with E-state index in [0.717, 1.165) is 24.5 Å². The minimum absolute atomic E-state index is 0.192. The Morgan fingerprint density at radius 3 is 2.56 bits per heavy atom. The molecular formula is C15H21NOS. The Kier molecular flexibility index (Phi) is 4.25. The Morgan fingerprint density at radius 1 is 1.28 bits per heavy atom. The van der Waals surface area contributed by atoms with Crippen LogP contribution in [-0.4, -0.2) is 6.54 Å². The van der Waals surface area contributed by atoms with Crippen LogP contribution in [0, 0.1) is 20.8 Å². The van der Waals surface area contributed by atoms with Gasteiger partial charge in [0.15, 0.2) is 0 Å². The molecule has 18 heavy (non-hydrogen) atoms. The van der Waals surface area contributed by atoms with Gasteiger partial charge in [-0.15, -0.1) is 11.3 Å². The fourth-order valence-corrected chi connectivity index (χ4v) is 3.04. The molecule has 2 aromatic heterocycles. The Balaban J connectivity index is 2.33. The molecule has 3 heteroatoms. The average Bonchev–Trinajstić information content (AvgIpc) is 2.88. The maximum Gasteiger partial charge on any atom is 0.126 e. The standard InChI is InChI=1S/C15H21NOS/c1-5-7-16-14(15-10(2)6-8-18-15)13-9-11(3)12(4)17-13/h6,8-9,14,16H,5,7H2,1-4H3. The highest BCUT2D eigenvalue weighted by molar-refractivity contribution is 7.10. The number of aryl methyl sites for hydroxylation is 3. The van der Waals surface area contributed by atoms with Crippen LogP contribution in [-0.2, 0) is 0 Å². The normalized spacial score (nSPS) is 12.9. The van der Waals surface area contributed by atoms with Crippen molar-refractivity contribution in [3.8, 4) is 0 Å². The lowest BCUT2D eigenvalue weighted by atomic mass is 10.1. The summed E-state index contributed by atoms with van der Waals surface area (Å²) in [5, 5.41) is 5.73. The largest absolute Gasteiger partial charge is 0.464 e. The summed E-state index contributed by atoms with van der Waals surface area (Å²) in [6.45, 7) is 9.47. The van der Waals surface area contributed by atoms with Gasteiger partial charge in [-0.25, -0.2) is 0 Å². The molecule has 98 valence electrons. The quantitative estimate of drug-likeness (QED) is 0.867. The number of furan rings is 1. The summed E-state index contributed by atoms with van der Waals surface area (Å²) >= 11 is 1.80. The van der Waals surface area contributed by atoms with Gasteiger partial charge in [0.1, 0.15) is 17.6 Å². The van der Waals surface area contributed by atoms with Crippen molar-refractivity contribution in [3.05, 3.63) is 45.0 Å². The van der Waals surface area contributed by atoms with E-state index >= 15 is 0 Å². The molecule has 1 N–H and O–H groups in total. The minimum atomic E-state index is 0.192. The van der Waals surface area contributed by atoms with Crippen molar-refractivity contribution >= 4 is 11.3 Å². The molecule has 0 fully saturated rings. The Morgan fingerprint density at radius 2 is 2.06 bits per heavy atom. The lowest BCUT2D eigenvalue weighted by Crippen LogP contribution is -2.22. The number of hydrogen-bond acceptors (Lipinski definition) is 3. The van der Waals surface area contributed by atoms with Crippen LogP contribution in [0.4, 0.5) is 0 Å². The van der Waals surface area contributed by atoms with Crippen molar-refractivity contribution in [1.82, 2.24) is 5.32 Å². The summed E-state index contributed by atoms with van der Waals surface area (Å²) in [4.78, 5) is 1.36. The molecule has 0 aliphatic carbocycles. The minimum Gasteiger partial charge on any atom is -0.464 e. The first-order valence-corrected chi connectivity index (χ1v) is 7.35. The molecule has 0 aliphatic heterocycles. The molecular weight excluding hydrogens is 242 g/mol. The van der Waals surface area contributed by atoms with E-state index in [9.17, 15) is 0 Å². The molecule has 2 rings (SSSR count). The second kappa shape index (κ2) is 5.72. The van der Waals surface area contributed by atoms with Crippen molar-refractivity contribution in [2.45, 2.75) is 40.2 Å². The van der Waals surface area contributed by atoms with Gasteiger partial charge in [-0.2, -0.15) is 0 Å². The summed E-state index contributed by atoms with van der Waals surface area (Å²) < 4.78 is 5.90. The monoisotopic (exact) mass is 263 g/mol. The first kappa shape index (κ1) is 13.4. The molecule has 2 nitrogen and oxygen atoms in total. The van der Waals surface area contributed by atoms with Crippen LogP contribution in [0.2, 0.25) is 0 Å². The molecule has 0 bridgehead atoms. The highest BCUT2D eigenvalue weighted by atomic mass is 32.1. The van der Waals surface area contributed by atoms with Gasteiger partial charge in [-0.3, -0.25) is 0 Å². The summed E-state index contributed by atoms with van der Waals surface area (Å²) in [6, 6.07) is 4.52. The molecule has 0 spiro atoms. The van der Waals surface area contributed by atoms with E-state index in [4.69, 9.17) is 4.42 Å². The van der Waals surface area contributed by atoms with Crippen LogP contribution < -0.4 is 5.32 Å². The van der Waals surface area contributed by atoms with Gasteiger partial charge in [0.2, 0.25) is 0 Å². The van der Waals surface area contributed by atoms with Gasteiger partial charge < -0.3 is 9.73 Å². The van der Waals surface area contributed by atoms with Crippen molar-refractivity contribution in [2.24, 2.45) is 0 Å². The number of thiophene rings is 1. The fraction of sp³-hybridized carbons (Fsp3) is 0.467. The Labute approximate surface area is 113 Å². The zero-order valence-corrected chi connectivity index (χ0v) is 12.4. The lowest BCUT2D eigenvalue weighted by molar-refractivity contribution is 0.432. The topological polar surface area (TPSA) is 25.2 Å². The van der Waals surface area contributed by atoms with Crippen molar-refractivity contribution in [3.63, 3.8) is 0 Å². The first-order chi connectivity index (χ1) is 8.63. The highest BCUT2D eigenvalue weighted by Crippen LogP contribution is 2.31. The summed E-state index contributed by atoms with van der Waals surface area (Å²) in [6.07, 6.45) is 1.12. The molecule has 2 heterocycles. The van der Waals surface area contributed by atoms with Crippen LogP contribution in [0.25, 0.3) is 0 Å². The summed E-state index contributed by atoms with van der Waals surface area (Å²) in [7, 11) is 0. The van der Waals surface area contributed by atoms with E-state index in [1.54, 1.807) is 11.3 Å². The molecule has 1 unspecified atom stereocenters. The second-order valence-electron chi connectivity index (χ2n) is 4.74. The molecule has 0 radical (unpaired) electrons. The average molecular weight is 263 g/mol. The highest BCUT2D eigenvalue weighted by Gasteiger charge is 2.20. The summed E-state index contributed by atoms with van der Waals surface area (Å²) in [5.74, 6) is 2.05. The van der Waals surface area contributed by atoms with Gasteiger partial charge in [-0.05, 0) is 62.4 Å². The third-order valence-electron chi connectivity index (χ3n) is 3.23. The van der Waals surface area contributed by atoms with Crippen LogP contribution >= 0.6 is 11.3 Å². The summed E-state index contributed by atoms with van der Waals surface area (Å²) in [5.41, 5.74) is 2.56. The van der Waals surface area contributed by atoms with Crippen LogP contribution in [0.3, 0.4) is 0 Å². The maximum absolute atomic E-state index is 5.90. The number of nitrogens with one attached hydrogen (secondary N) is 1. The Bertz CT molecular complexity index is 493. The molecule has 1 atom stereocenters. The number of hydrogen-bond donors (Lipinski definition) is 1. The lowest BCUT2D eigenvalue weighted by Gasteiger charge is -2.16. The van der Waals surface area contributed by atoms with Gasteiger partial charge in [0.25, 0.3) is 0 Å². The smallest absolute Gasteiger partial charge is 0.126 e. The molecule has 0 saturated carbocycles. The van der Waals surface area contributed by atoms with E-state index in [1.807, 2.05) is 6.92 Å².